The molecule has 0 radical (unpaired) electrons. The number of ether oxygens (including phenoxy) is 1. The fourth-order valence-electron chi connectivity index (χ4n) is 1.14. The number of hydrogen-bond acceptors (Lipinski definition) is 2. The molecule has 0 heterocycles. The molecule has 0 spiro atoms. The van der Waals surface area contributed by atoms with Gasteiger partial charge in [0.25, 0.3) is 0 Å². The van der Waals surface area contributed by atoms with Crippen LogP contribution in [0.15, 0.2) is 0 Å². The first-order chi connectivity index (χ1) is 6.93. The number of hydrogen-bond donors (Lipinski definition) is 1. The molecule has 0 saturated carbocycles. The standard InChI is InChI=1S/C9H18BF3NO2.K/c1-6(2)7(10(11,12)13)14-8(15)16-9(3,4)5;/h6-7H,1-5H3,(H,14,15);/q-1;+1/t7-;/m1./s1. The molecule has 0 aliphatic carbocycles. The molecule has 0 aliphatic heterocycles. The van der Waals surface area contributed by atoms with E-state index < -0.39 is 30.5 Å². The van der Waals surface area contributed by atoms with E-state index in [1.165, 1.54) is 13.8 Å². The quantitative estimate of drug-likeness (QED) is 0.734. The topological polar surface area (TPSA) is 38.3 Å². The molecular formula is C9H18BF3KNO2. The maximum atomic E-state index is 12.6. The second-order valence-electron chi connectivity index (χ2n) is 5.04. The number of amides is 1. The van der Waals surface area contributed by atoms with Crippen LogP contribution in [-0.4, -0.2) is 24.6 Å². The maximum absolute atomic E-state index is 12.6. The van der Waals surface area contributed by atoms with Crippen molar-refractivity contribution in [1.82, 2.24) is 5.32 Å². The Balaban J connectivity index is 0. The van der Waals surface area contributed by atoms with Crippen LogP contribution < -0.4 is 56.7 Å². The van der Waals surface area contributed by atoms with Gasteiger partial charge >= 0.3 is 64.5 Å². The van der Waals surface area contributed by atoms with Crippen molar-refractivity contribution in [2.24, 2.45) is 5.92 Å². The minimum atomic E-state index is -5.11. The predicted octanol–water partition coefficient (Wildman–Crippen LogP) is -0.0737. The van der Waals surface area contributed by atoms with Crippen molar-refractivity contribution in [3.05, 3.63) is 0 Å². The monoisotopic (exact) mass is 279 g/mol. The molecule has 0 aromatic carbocycles. The summed E-state index contributed by atoms with van der Waals surface area (Å²) in [5.74, 6) is -2.54. The first-order valence-electron chi connectivity index (χ1n) is 5.13. The molecular weight excluding hydrogens is 261 g/mol. The summed E-state index contributed by atoms with van der Waals surface area (Å²) < 4.78 is 42.4. The molecule has 0 unspecified atom stereocenters. The molecule has 96 valence electrons. The summed E-state index contributed by atoms with van der Waals surface area (Å²) in [7, 11) is 0. The Hall–Kier alpha value is 0.761. The fourth-order valence-corrected chi connectivity index (χ4v) is 1.14. The van der Waals surface area contributed by atoms with Crippen molar-refractivity contribution < 1.29 is 73.9 Å². The number of nitrogens with one attached hydrogen (secondary N) is 1. The largest absolute Gasteiger partial charge is 1.00 e. The molecule has 0 aromatic rings. The molecule has 0 bridgehead atoms. The van der Waals surface area contributed by atoms with Crippen LogP contribution in [0.3, 0.4) is 0 Å². The third-order valence-electron chi connectivity index (χ3n) is 1.81. The summed E-state index contributed by atoms with van der Waals surface area (Å²) in [6.45, 7) is 2.47. The average molecular weight is 279 g/mol. The van der Waals surface area contributed by atoms with Gasteiger partial charge < -0.3 is 23.0 Å². The summed E-state index contributed by atoms with van der Waals surface area (Å²) in [4.78, 5) is 11.2. The Bertz CT molecular complexity index is 254. The summed E-state index contributed by atoms with van der Waals surface area (Å²) in [6, 6.07) is 0. The van der Waals surface area contributed by atoms with Gasteiger partial charge in [-0.05, 0) is 20.8 Å². The minimum Gasteiger partial charge on any atom is -0.448 e. The Morgan fingerprint density at radius 1 is 1.24 bits per heavy atom. The SMILES string of the molecule is CC(C)[C@@H](NC(=O)OC(C)(C)C)[B-](F)(F)F.[K+]. The van der Waals surface area contributed by atoms with Crippen molar-refractivity contribution in [1.29, 1.82) is 0 Å². The van der Waals surface area contributed by atoms with Crippen molar-refractivity contribution in [2.75, 3.05) is 0 Å². The second-order valence-corrected chi connectivity index (χ2v) is 5.04. The van der Waals surface area contributed by atoms with Crippen LogP contribution in [0.1, 0.15) is 34.6 Å². The molecule has 8 heteroatoms. The van der Waals surface area contributed by atoms with Crippen LogP contribution in [0, 0.1) is 5.92 Å². The van der Waals surface area contributed by atoms with E-state index in [0.29, 0.717) is 0 Å². The third-order valence-corrected chi connectivity index (χ3v) is 1.81. The van der Waals surface area contributed by atoms with E-state index in [9.17, 15) is 17.7 Å². The van der Waals surface area contributed by atoms with Crippen LogP contribution in [0.25, 0.3) is 0 Å². The van der Waals surface area contributed by atoms with Crippen molar-refractivity contribution in [3.8, 4) is 0 Å². The molecule has 1 amide bonds. The molecule has 0 rings (SSSR count). The summed E-state index contributed by atoms with van der Waals surface area (Å²) >= 11 is 0. The van der Waals surface area contributed by atoms with Gasteiger partial charge in [0.05, 0.1) is 0 Å². The van der Waals surface area contributed by atoms with E-state index in [-0.39, 0.29) is 51.4 Å². The first-order valence-corrected chi connectivity index (χ1v) is 5.13. The predicted molar refractivity (Wildman–Crippen MR) is 57.1 cm³/mol. The molecule has 0 aromatic heterocycles. The van der Waals surface area contributed by atoms with Gasteiger partial charge in [-0.25, -0.2) is 4.79 Å². The number of carbonyl (C=O) groups is 1. The number of halogens is 3. The van der Waals surface area contributed by atoms with E-state index >= 15 is 0 Å². The second kappa shape index (κ2) is 7.37. The van der Waals surface area contributed by atoms with Crippen LogP contribution in [0.2, 0.25) is 0 Å². The fraction of sp³-hybridized carbons (Fsp3) is 0.889. The normalized spacial score (nSPS) is 13.9. The first kappa shape index (κ1) is 20.1. The van der Waals surface area contributed by atoms with E-state index in [2.05, 4.69) is 0 Å². The zero-order valence-electron chi connectivity index (χ0n) is 11.2. The van der Waals surface area contributed by atoms with Crippen molar-refractivity contribution in [3.63, 3.8) is 0 Å². The van der Waals surface area contributed by atoms with Crippen LogP contribution in [-0.2, 0) is 4.74 Å². The van der Waals surface area contributed by atoms with Gasteiger partial charge in [-0.15, -0.1) is 0 Å². The van der Waals surface area contributed by atoms with Gasteiger partial charge in [-0.3, -0.25) is 0 Å². The van der Waals surface area contributed by atoms with Gasteiger partial charge in [-0.1, -0.05) is 19.8 Å². The van der Waals surface area contributed by atoms with Crippen LogP contribution in [0.5, 0.6) is 0 Å². The minimum absolute atomic E-state index is 0. The van der Waals surface area contributed by atoms with E-state index in [4.69, 9.17) is 4.74 Å². The maximum Gasteiger partial charge on any atom is 1.00 e. The molecule has 1 N–H and O–H groups in total. The smallest absolute Gasteiger partial charge is 0.448 e. The van der Waals surface area contributed by atoms with Crippen molar-refractivity contribution in [2.45, 2.75) is 46.2 Å². The Morgan fingerprint density at radius 3 is 1.88 bits per heavy atom. The molecule has 1 atom stereocenters. The van der Waals surface area contributed by atoms with Crippen LogP contribution >= 0.6 is 0 Å². The van der Waals surface area contributed by atoms with Gasteiger partial charge in [0, 0.05) is 5.94 Å². The zero-order chi connectivity index (χ0) is 13.1. The number of rotatable bonds is 3. The Morgan fingerprint density at radius 2 is 1.65 bits per heavy atom. The van der Waals surface area contributed by atoms with Crippen LogP contribution in [0.4, 0.5) is 17.7 Å². The van der Waals surface area contributed by atoms with E-state index in [0.717, 1.165) is 0 Å². The van der Waals surface area contributed by atoms with Crippen molar-refractivity contribution >= 4 is 13.1 Å². The molecule has 0 saturated heterocycles. The Kier molecular flexibility index (Phi) is 8.71. The molecule has 3 nitrogen and oxygen atoms in total. The van der Waals surface area contributed by atoms with Gasteiger partial charge in [0.1, 0.15) is 5.60 Å². The van der Waals surface area contributed by atoms with Gasteiger partial charge in [0.15, 0.2) is 0 Å². The summed E-state index contributed by atoms with van der Waals surface area (Å²) in [5, 5.41) is 1.85. The Labute approximate surface area is 143 Å². The van der Waals surface area contributed by atoms with E-state index in [1.54, 1.807) is 20.8 Å². The number of alkyl carbamates (subject to hydrolysis) is 1. The third kappa shape index (κ3) is 9.35. The molecule has 17 heavy (non-hydrogen) atoms. The van der Waals surface area contributed by atoms with Gasteiger partial charge in [-0.2, -0.15) is 0 Å². The number of carbonyl (C=O) groups excluding carboxylic acids is 1. The summed E-state index contributed by atoms with van der Waals surface area (Å²) in [6.07, 6.45) is -1.04. The average Bonchev–Trinajstić information content (AvgIpc) is 1.93. The zero-order valence-corrected chi connectivity index (χ0v) is 14.3. The molecule has 0 fully saturated rings. The van der Waals surface area contributed by atoms with E-state index in [1.807, 2.05) is 5.32 Å². The summed E-state index contributed by atoms with van der Waals surface area (Å²) in [5.41, 5.74) is -0.801. The van der Waals surface area contributed by atoms with Gasteiger partial charge in [0.2, 0.25) is 0 Å². The molecule has 0 aliphatic rings.